The molecule has 3 heteroatoms. The normalized spacial score (nSPS) is 31.9. The maximum absolute atomic E-state index is 5.85. The third-order valence-electron chi connectivity index (χ3n) is 4.40. The van der Waals surface area contributed by atoms with Gasteiger partial charge in [0.25, 0.3) is 0 Å². The Balaban J connectivity index is 1.48. The number of nitrogens with one attached hydrogen (secondary N) is 1. The van der Waals surface area contributed by atoms with Crippen LogP contribution in [0, 0.1) is 0 Å². The summed E-state index contributed by atoms with van der Waals surface area (Å²) >= 11 is 0. The Bertz CT molecular complexity index is 386. The molecule has 1 unspecified atom stereocenters. The fraction of sp³-hybridized carbons (Fsp3) is 0.625. The van der Waals surface area contributed by atoms with Gasteiger partial charge in [0.1, 0.15) is 0 Å². The van der Waals surface area contributed by atoms with Crippen LogP contribution >= 0.6 is 0 Å². The molecule has 3 rings (SSSR count). The minimum atomic E-state index is 0.446. The molecule has 0 spiro atoms. The number of hydrogen-bond acceptors (Lipinski definition) is 3. The molecule has 1 saturated heterocycles. The molecule has 3 nitrogen and oxygen atoms in total. The van der Waals surface area contributed by atoms with Gasteiger partial charge in [-0.15, -0.1) is 0 Å². The van der Waals surface area contributed by atoms with E-state index < -0.39 is 0 Å². The molecule has 0 amide bonds. The summed E-state index contributed by atoms with van der Waals surface area (Å²) in [5.74, 6) is 0. The van der Waals surface area contributed by atoms with Gasteiger partial charge in [-0.25, -0.2) is 0 Å². The molecule has 1 saturated carbocycles. The fourth-order valence-electron chi connectivity index (χ4n) is 3.31. The largest absolute Gasteiger partial charge is 0.328 e. The number of likely N-dealkylation sites (tertiary alicyclic amines) is 1. The number of nitrogens with zero attached hydrogens (tertiary/aromatic N) is 1. The van der Waals surface area contributed by atoms with E-state index in [1.165, 1.54) is 31.5 Å². The van der Waals surface area contributed by atoms with E-state index in [0.29, 0.717) is 18.1 Å². The summed E-state index contributed by atoms with van der Waals surface area (Å²) < 4.78 is 0. The van der Waals surface area contributed by atoms with E-state index in [0.717, 1.165) is 19.4 Å². The average molecular weight is 259 g/mol. The van der Waals surface area contributed by atoms with Crippen LogP contribution in [0.15, 0.2) is 30.3 Å². The molecule has 1 aromatic carbocycles. The van der Waals surface area contributed by atoms with Gasteiger partial charge in [-0.2, -0.15) is 0 Å². The lowest BCUT2D eigenvalue weighted by Gasteiger charge is -2.40. The Hall–Kier alpha value is -0.900. The van der Waals surface area contributed by atoms with Crippen molar-refractivity contribution in [1.82, 2.24) is 10.2 Å². The van der Waals surface area contributed by atoms with Crippen molar-refractivity contribution in [3.63, 3.8) is 0 Å². The predicted octanol–water partition coefficient (Wildman–Crippen LogP) is 1.73. The third-order valence-corrected chi connectivity index (χ3v) is 4.40. The Kier molecular flexibility index (Phi) is 4.16. The molecule has 1 aliphatic heterocycles. The van der Waals surface area contributed by atoms with Crippen molar-refractivity contribution < 1.29 is 0 Å². The zero-order valence-corrected chi connectivity index (χ0v) is 11.6. The standard InChI is InChI=1S/C16H25N3/c17-14-9-16(10-14)18-15-7-4-8-19(12-15)11-13-5-2-1-3-6-13/h1-3,5-6,14-16,18H,4,7-12,17H2. The van der Waals surface area contributed by atoms with Crippen LogP contribution in [0.2, 0.25) is 0 Å². The van der Waals surface area contributed by atoms with Crippen LogP contribution in [0.1, 0.15) is 31.2 Å². The summed E-state index contributed by atoms with van der Waals surface area (Å²) in [6.07, 6.45) is 4.95. The minimum Gasteiger partial charge on any atom is -0.328 e. The van der Waals surface area contributed by atoms with Gasteiger partial charge in [0.2, 0.25) is 0 Å². The van der Waals surface area contributed by atoms with Crippen molar-refractivity contribution in [3.05, 3.63) is 35.9 Å². The van der Waals surface area contributed by atoms with Crippen molar-refractivity contribution in [2.45, 2.75) is 50.4 Å². The molecule has 1 aliphatic carbocycles. The molecule has 0 aromatic heterocycles. The number of piperidine rings is 1. The highest BCUT2D eigenvalue weighted by Crippen LogP contribution is 2.21. The smallest absolute Gasteiger partial charge is 0.0234 e. The summed E-state index contributed by atoms with van der Waals surface area (Å²) in [4.78, 5) is 2.58. The second kappa shape index (κ2) is 6.04. The van der Waals surface area contributed by atoms with Crippen molar-refractivity contribution in [2.75, 3.05) is 13.1 Å². The van der Waals surface area contributed by atoms with Gasteiger partial charge in [-0.05, 0) is 37.8 Å². The molecule has 1 heterocycles. The predicted molar refractivity (Wildman–Crippen MR) is 78.9 cm³/mol. The maximum atomic E-state index is 5.85. The van der Waals surface area contributed by atoms with Gasteiger partial charge in [0.05, 0.1) is 0 Å². The fourth-order valence-corrected chi connectivity index (χ4v) is 3.31. The van der Waals surface area contributed by atoms with Crippen LogP contribution in [0.4, 0.5) is 0 Å². The van der Waals surface area contributed by atoms with E-state index in [1.54, 1.807) is 0 Å². The number of benzene rings is 1. The Labute approximate surface area is 116 Å². The van der Waals surface area contributed by atoms with Gasteiger partial charge in [-0.3, -0.25) is 4.90 Å². The Morgan fingerprint density at radius 2 is 1.95 bits per heavy atom. The van der Waals surface area contributed by atoms with E-state index >= 15 is 0 Å². The minimum absolute atomic E-state index is 0.446. The molecular weight excluding hydrogens is 234 g/mol. The Morgan fingerprint density at radius 3 is 2.68 bits per heavy atom. The summed E-state index contributed by atoms with van der Waals surface area (Å²) in [6, 6.07) is 12.6. The van der Waals surface area contributed by atoms with Crippen LogP contribution in [-0.4, -0.2) is 36.1 Å². The highest BCUT2D eigenvalue weighted by atomic mass is 15.2. The maximum Gasteiger partial charge on any atom is 0.0234 e. The summed E-state index contributed by atoms with van der Waals surface area (Å²) in [5.41, 5.74) is 7.28. The SMILES string of the molecule is NC1CC(NC2CCCN(Cc3ccccc3)C2)C1. The summed E-state index contributed by atoms with van der Waals surface area (Å²) in [5, 5.41) is 3.78. The average Bonchev–Trinajstić information content (AvgIpc) is 2.39. The van der Waals surface area contributed by atoms with Gasteiger partial charge in [0, 0.05) is 31.2 Å². The lowest BCUT2D eigenvalue weighted by Crippen LogP contribution is -2.55. The summed E-state index contributed by atoms with van der Waals surface area (Å²) in [6.45, 7) is 3.50. The zero-order valence-electron chi connectivity index (χ0n) is 11.6. The van der Waals surface area contributed by atoms with Gasteiger partial charge in [-0.1, -0.05) is 30.3 Å². The van der Waals surface area contributed by atoms with Crippen LogP contribution in [0.3, 0.4) is 0 Å². The van der Waals surface area contributed by atoms with Gasteiger partial charge < -0.3 is 11.1 Å². The second-order valence-corrected chi connectivity index (χ2v) is 6.15. The monoisotopic (exact) mass is 259 g/mol. The Morgan fingerprint density at radius 1 is 1.16 bits per heavy atom. The second-order valence-electron chi connectivity index (χ2n) is 6.15. The molecule has 19 heavy (non-hydrogen) atoms. The highest BCUT2D eigenvalue weighted by Gasteiger charge is 2.29. The van der Waals surface area contributed by atoms with E-state index in [1.807, 2.05) is 0 Å². The molecule has 104 valence electrons. The van der Waals surface area contributed by atoms with Crippen LogP contribution in [0.5, 0.6) is 0 Å². The lowest BCUT2D eigenvalue weighted by molar-refractivity contribution is 0.157. The quantitative estimate of drug-likeness (QED) is 0.865. The van der Waals surface area contributed by atoms with Crippen molar-refractivity contribution in [3.8, 4) is 0 Å². The first kappa shape index (κ1) is 13.1. The number of hydrogen-bond donors (Lipinski definition) is 2. The van der Waals surface area contributed by atoms with Crippen LogP contribution in [-0.2, 0) is 6.54 Å². The molecular formula is C16H25N3. The van der Waals surface area contributed by atoms with Crippen molar-refractivity contribution >= 4 is 0 Å². The van der Waals surface area contributed by atoms with Crippen LogP contribution in [0.25, 0.3) is 0 Å². The lowest BCUT2D eigenvalue weighted by atomic mass is 9.86. The molecule has 0 radical (unpaired) electrons. The number of rotatable bonds is 4. The molecule has 2 fully saturated rings. The number of nitrogens with two attached hydrogens (primary N) is 1. The molecule has 1 atom stereocenters. The van der Waals surface area contributed by atoms with E-state index in [4.69, 9.17) is 5.73 Å². The zero-order chi connectivity index (χ0) is 13.1. The van der Waals surface area contributed by atoms with Crippen molar-refractivity contribution in [1.29, 1.82) is 0 Å². The highest BCUT2D eigenvalue weighted by molar-refractivity contribution is 5.14. The summed E-state index contributed by atoms with van der Waals surface area (Å²) in [7, 11) is 0. The third kappa shape index (κ3) is 3.56. The first-order valence-corrected chi connectivity index (χ1v) is 7.57. The molecule has 1 aromatic rings. The first-order valence-electron chi connectivity index (χ1n) is 7.57. The van der Waals surface area contributed by atoms with E-state index in [2.05, 4.69) is 40.5 Å². The molecule has 2 aliphatic rings. The van der Waals surface area contributed by atoms with Crippen LogP contribution < -0.4 is 11.1 Å². The van der Waals surface area contributed by atoms with E-state index in [9.17, 15) is 0 Å². The van der Waals surface area contributed by atoms with Gasteiger partial charge >= 0.3 is 0 Å². The topological polar surface area (TPSA) is 41.3 Å². The van der Waals surface area contributed by atoms with Crippen molar-refractivity contribution in [2.24, 2.45) is 5.73 Å². The van der Waals surface area contributed by atoms with Gasteiger partial charge in [0.15, 0.2) is 0 Å². The first-order chi connectivity index (χ1) is 9.29. The molecule has 3 N–H and O–H groups in total. The van der Waals surface area contributed by atoms with E-state index in [-0.39, 0.29) is 0 Å². The molecule has 0 bridgehead atoms.